The van der Waals surface area contributed by atoms with E-state index in [1.54, 1.807) is 7.11 Å². The van der Waals surface area contributed by atoms with E-state index < -0.39 is 0 Å². The molecule has 0 amide bonds. The van der Waals surface area contributed by atoms with Crippen LogP contribution in [0.5, 0.6) is 11.5 Å². The molecule has 1 aromatic heterocycles. The molecule has 1 fully saturated rings. The van der Waals surface area contributed by atoms with Crippen molar-refractivity contribution in [1.29, 1.82) is 0 Å². The van der Waals surface area contributed by atoms with Crippen LogP contribution >= 0.6 is 0 Å². The molecule has 1 aliphatic heterocycles. The van der Waals surface area contributed by atoms with Gasteiger partial charge in [0.1, 0.15) is 0 Å². The van der Waals surface area contributed by atoms with Crippen molar-refractivity contribution in [1.82, 2.24) is 9.88 Å². The van der Waals surface area contributed by atoms with Crippen LogP contribution in [-0.4, -0.2) is 49.8 Å². The molecule has 152 valence electrons. The molecule has 1 N–H and O–H groups in total. The molecule has 5 nitrogen and oxygen atoms in total. The molecule has 1 atom stereocenters. The monoisotopic (exact) mass is 383 g/mol. The van der Waals surface area contributed by atoms with Gasteiger partial charge in [0.15, 0.2) is 11.5 Å². The highest BCUT2D eigenvalue weighted by Crippen LogP contribution is 2.39. The van der Waals surface area contributed by atoms with Crippen molar-refractivity contribution in [3.63, 3.8) is 0 Å². The number of aryl methyl sites for hydroxylation is 1. The zero-order valence-corrected chi connectivity index (χ0v) is 17.5. The number of hydrogen-bond acceptors (Lipinski definition) is 5. The first-order valence-electron chi connectivity index (χ1n) is 10.8. The first kappa shape index (κ1) is 19.3. The number of hydrogen-bond donors (Lipinski definition) is 1. The second kappa shape index (κ2) is 8.56. The maximum absolute atomic E-state index is 6.13. The van der Waals surface area contributed by atoms with Gasteiger partial charge in [-0.05, 0) is 63.1 Å². The van der Waals surface area contributed by atoms with E-state index in [-0.39, 0.29) is 0 Å². The summed E-state index contributed by atoms with van der Waals surface area (Å²) in [6.45, 7) is 9.64. The van der Waals surface area contributed by atoms with Crippen LogP contribution in [0.3, 0.4) is 0 Å². The van der Waals surface area contributed by atoms with E-state index in [1.165, 1.54) is 42.9 Å². The number of nitrogens with zero attached hydrogens (tertiary/aromatic N) is 2. The maximum atomic E-state index is 6.13. The lowest BCUT2D eigenvalue weighted by Gasteiger charge is -2.18. The molecule has 1 unspecified atom stereocenters. The van der Waals surface area contributed by atoms with E-state index in [4.69, 9.17) is 14.5 Å². The van der Waals surface area contributed by atoms with Gasteiger partial charge >= 0.3 is 0 Å². The summed E-state index contributed by atoms with van der Waals surface area (Å²) < 4.78 is 11.8. The highest BCUT2D eigenvalue weighted by molar-refractivity contribution is 5.96. The molecule has 1 saturated heterocycles. The van der Waals surface area contributed by atoms with Crippen molar-refractivity contribution in [2.75, 3.05) is 45.2 Å². The summed E-state index contributed by atoms with van der Waals surface area (Å²) in [5.41, 5.74) is 4.85. The minimum absolute atomic E-state index is 0.706. The van der Waals surface area contributed by atoms with E-state index in [9.17, 15) is 0 Å². The molecule has 1 aliphatic carbocycles. The number of ether oxygens (including phenoxy) is 2. The van der Waals surface area contributed by atoms with Gasteiger partial charge in [-0.15, -0.1) is 0 Å². The van der Waals surface area contributed by atoms with Gasteiger partial charge in [-0.3, -0.25) is 4.98 Å². The number of benzene rings is 1. The smallest absolute Gasteiger partial charge is 0.163 e. The summed E-state index contributed by atoms with van der Waals surface area (Å²) >= 11 is 0. The summed E-state index contributed by atoms with van der Waals surface area (Å²) in [5, 5.41) is 4.70. The topological polar surface area (TPSA) is 46.6 Å². The van der Waals surface area contributed by atoms with Crippen LogP contribution in [-0.2, 0) is 12.8 Å². The molecule has 4 rings (SSSR count). The van der Waals surface area contributed by atoms with Gasteiger partial charge in [0.25, 0.3) is 0 Å². The minimum atomic E-state index is 0.706. The Hall–Kier alpha value is -2.01. The van der Waals surface area contributed by atoms with Crippen LogP contribution in [0.4, 0.5) is 5.69 Å². The molecule has 2 aliphatic rings. The van der Waals surface area contributed by atoms with Gasteiger partial charge in [0.05, 0.1) is 19.2 Å². The standard InChI is InChI=1S/C23H33N3O2/c1-4-24-23-17-7-5-8-19(17)25-20-14-22(21(27-3)13-18(20)23)28-12-6-10-26-11-9-16(2)15-26/h13-14,16H,4-12,15H2,1-3H3,(H,24,25). The molecule has 1 aromatic carbocycles. The van der Waals surface area contributed by atoms with Crippen LogP contribution < -0.4 is 14.8 Å². The third-order valence-corrected chi connectivity index (χ3v) is 6.03. The van der Waals surface area contributed by atoms with Crippen molar-refractivity contribution in [3.8, 4) is 11.5 Å². The molecule has 2 aromatic rings. The largest absolute Gasteiger partial charge is 0.493 e. The SMILES string of the molecule is CCNc1c2c(nc3cc(OCCCN4CCC(C)C4)c(OC)cc13)CCC2. The van der Waals surface area contributed by atoms with Crippen molar-refractivity contribution < 1.29 is 9.47 Å². The van der Waals surface area contributed by atoms with Crippen molar-refractivity contribution in [3.05, 3.63) is 23.4 Å². The predicted octanol–water partition coefficient (Wildman–Crippen LogP) is 4.27. The third-order valence-electron chi connectivity index (χ3n) is 6.03. The number of pyridine rings is 1. The molecular weight excluding hydrogens is 350 g/mol. The molecule has 0 bridgehead atoms. The number of aromatic nitrogens is 1. The fraction of sp³-hybridized carbons (Fsp3) is 0.609. The van der Waals surface area contributed by atoms with Gasteiger partial charge < -0.3 is 19.7 Å². The summed E-state index contributed by atoms with van der Waals surface area (Å²) in [6.07, 6.45) is 5.72. The fourth-order valence-corrected chi connectivity index (χ4v) is 4.62. The average Bonchev–Trinajstić information content (AvgIpc) is 3.33. The van der Waals surface area contributed by atoms with E-state index in [2.05, 4.69) is 36.2 Å². The van der Waals surface area contributed by atoms with Gasteiger partial charge in [-0.2, -0.15) is 0 Å². The molecular formula is C23H33N3O2. The summed E-state index contributed by atoms with van der Waals surface area (Å²) in [7, 11) is 1.72. The number of anilines is 1. The highest BCUT2D eigenvalue weighted by atomic mass is 16.5. The molecule has 0 spiro atoms. The van der Waals surface area contributed by atoms with Crippen molar-refractivity contribution >= 4 is 16.6 Å². The Kier molecular flexibility index (Phi) is 5.90. The van der Waals surface area contributed by atoms with Crippen LogP contribution in [0.25, 0.3) is 10.9 Å². The Balaban J connectivity index is 1.52. The normalized spacial score (nSPS) is 19.2. The third kappa shape index (κ3) is 3.90. The van der Waals surface area contributed by atoms with Gasteiger partial charge in [0, 0.05) is 42.5 Å². The van der Waals surface area contributed by atoms with Crippen LogP contribution in [0, 0.1) is 5.92 Å². The van der Waals surface area contributed by atoms with Crippen LogP contribution in [0.2, 0.25) is 0 Å². The fourth-order valence-electron chi connectivity index (χ4n) is 4.62. The van der Waals surface area contributed by atoms with Crippen molar-refractivity contribution in [2.24, 2.45) is 5.92 Å². The van der Waals surface area contributed by atoms with Crippen LogP contribution in [0.1, 0.15) is 44.4 Å². The first-order chi connectivity index (χ1) is 13.7. The molecule has 0 radical (unpaired) electrons. The zero-order chi connectivity index (χ0) is 19.5. The molecule has 0 saturated carbocycles. The Morgan fingerprint density at radius 3 is 2.89 bits per heavy atom. The van der Waals surface area contributed by atoms with E-state index in [0.717, 1.165) is 60.7 Å². The number of nitrogens with one attached hydrogen (secondary N) is 1. The van der Waals surface area contributed by atoms with E-state index in [0.29, 0.717) is 6.61 Å². The Bertz CT molecular complexity index is 836. The Morgan fingerprint density at radius 1 is 1.25 bits per heavy atom. The second-order valence-electron chi connectivity index (χ2n) is 8.21. The summed E-state index contributed by atoms with van der Waals surface area (Å²) in [5.74, 6) is 2.43. The van der Waals surface area contributed by atoms with Gasteiger partial charge in [0.2, 0.25) is 0 Å². The lowest BCUT2D eigenvalue weighted by Crippen LogP contribution is -2.23. The number of rotatable bonds is 8. The van der Waals surface area contributed by atoms with Gasteiger partial charge in [-0.1, -0.05) is 6.92 Å². The molecule has 5 heteroatoms. The van der Waals surface area contributed by atoms with E-state index in [1.807, 2.05) is 0 Å². The zero-order valence-electron chi connectivity index (χ0n) is 17.5. The maximum Gasteiger partial charge on any atom is 0.163 e. The summed E-state index contributed by atoms with van der Waals surface area (Å²) in [6, 6.07) is 4.15. The summed E-state index contributed by atoms with van der Waals surface area (Å²) in [4.78, 5) is 7.49. The minimum Gasteiger partial charge on any atom is -0.493 e. The van der Waals surface area contributed by atoms with Crippen LogP contribution in [0.15, 0.2) is 12.1 Å². The lowest BCUT2D eigenvalue weighted by atomic mass is 10.1. The molecule has 28 heavy (non-hydrogen) atoms. The lowest BCUT2D eigenvalue weighted by molar-refractivity contribution is 0.251. The van der Waals surface area contributed by atoms with Gasteiger partial charge in [-0.25, -0.2) is 0 Å². The quantitative estimate of drug-likeness (QED) is 0.690. The Morgan fingerprint density at radius 2 is 2.14 bits per heavy atom. The second-order valence-corrected chi connectivity index (χ2v) is 8.21. The highest BCUT2D eigenvalue weighted by Gasteiger charge is 2.21. The number of fused-ring (bicyclic) bond motifs is 2. The number of likely N-dealkylation sites (tertiary alicyclic amines) is 1. The average molecular weight is 384 g/mol. The predicted molar refractivity (Wildman–Crippen MR) is 115 cm³/mol. The molecule has 2 heterocycles. The van der Waals surface area contributed by atoms with E-state index >= 15 is 0 Å². The van der Waals surface area contributed by atoms with Crippen molar-refractivity contribution in [2.45, 2.75) is 46.0 Å². The number of methoxy groups -OCH3 is 1. The first-order valence-corrected chi connectivity index (χ1v) is 10.8. The Labute approximate surface area is 168 Å².